The Balaban J connectivity index is 2.29. The largest absolute Gasteiger partial charge is 0.478 e. The molecule has 1 aromatic carbocycles. The Bertz CT molecular complexity index is 673. The molecule has 6 heteroatoms. The van der Waals surface area contributed by atoms with Crippen LogP contribution in [0.3, 0.4) is 0 Å². The molecule has 2 rings (SSSR count). The number of ether oxygens (including phenoxy) is 1. The van der Waals surface area contributed by atoms with Crippen LogP contribution in [0.25, 0.3) is 0 Å². The topological polar surface area (TPSA) is 69.2 Å². The summed E-state index contributed by atoms with van der Waals surface area (Å²) in [7, 11) is 0. The fourth-order valence-corrected chi connectivity index (χ4v) is 2.88. The Morgan fingerprint density at radius 3 is 2.35 bits per heavy atom. The van der Waals surface area contributed by atoms with Gasteiger partial charge in [-0.25, -0.2) is 4.39 Å². The van der Waals surface area contributed by atoms with Gasteiger partial charge >= 0.3 is 0 Å². The second-order valence-electron chi connectivity index (χ2n) is 7.01. The molecule has 0 atom stereocenters. The van der Waals surface area contributed by atoms with Gasteiger partial charge in [-0.2, -0.15) is 0 Å². The zero-order valence-electron chi connectivity index (χ0n) is 16.0. The van der Waals surface area contributed by atoms with Crippen molar-refractivity contribution in [3.05, 3.63) is 53.1 Å². The summed E-state index contributed by atoms with van der Waals surface area (Å²) in [5.41, 5.74) is 3.16. The number of allylic oxidation sites excluding steroid dienone is 1. The summed E-state index contributed by atoms with van der Waals surface area (Å²) in [6.45, 7) is 13.6. The number of rotatable bonds is 7. The van der Waals surface area contributed by atoms with Crippen molar-refractivity contribution in [2.45, 2.75) is 46.0 Å². The quantitative estimate of drug-likeness (QED) is 0.545. The number of hydrogen-bond acceptors (Lipinski definition) is 5. The lowest BCUT2D eigenvalue weighted by Gasteiger charge is -2.24. The van der Waals surface area contributed by atoms with Crippen LogP contribution in [0.4, 0.5) is 10.1 Å². The van der Waals surface area contributed by atoms with E-state index in [0.717, 1.165) is 29.8 Å². The Hall–Kier alpha value is -2.50. The summed E-state index contributed by atoms with van der Waals surface area (Å²) in [5, 5.41) is 17.1. The summed E-state index contributed by atoms with van der Waals surface area (Å²) in [6.07, 6.45) is 2.12. The first-order chi connectivity index (χ1) is 12.3. The normalized spacial score (nSPS) is 16.0. The molecule has 1 heterocycles. The molecule has 142 valence electrons. The summed E-state index contributed by atoms with van der Waals surface area (Å²) >= 11 is 0. The van der Waals surface area contributed by atoms with Crippen molar-refractivity contribution in [2.24, 2.45) is 0 Å². The first-order valence-corrected chi connectivity index (χ1v) is 9.01. The van der Waals surface area contributed by atoms with Gasteiger partial charge in [0, 0.05) is 18.4 Å². The zero-order chi connectivity index (χ0) is 19.3. The summed E-state index contributed by atoms with van der Waals surface area (Å²) in [4.78, 5) is 0. The van der Waals surface area contributed by atoms with E-state index < -0.39 is 0 Å². The van der Waals surface area contributed by atoms with Gasteiger partial charge in [0.2, 0.25) is 5.88 Å². The molecule has 0 unspecified atom stereocenters. The van der Waals surface area contributed by atoms with Crippen molar-refractivity contribution in [2.75, 3.05) is 18.5 Å². The van der Waals surface area contributed by atoms with Crippen LogP contribution in [0, 0.1) is 11.2 Å². The number of anilines is 1. The fourth-order valence-electron chi connectivity index (χ4n) is 2.88. The Kier molecular flexibility index (Phi) is 6.66. The van der Waals surface area contributed by atoms with Gasteiger partial charge in [-0.1, -0.05) is 34.3 Å². The van der Waals surface area contributed by atoms with Gasteiger partial charge in [-0.15, -0.1) is 0 Å². The second-order valence-corrected chi connectivity index (χ2v) is 7.01. The van der Waals surface area contributed by atoms with Crippen LogP contribution < -0.4 is 16.0 Å². The maximum Gasteiger partial charge on any atom is 0.212 e. The molecule has 0 bridgehead atoms. The van der Waals surface area contributed by atoms with E-state index in [9.17, 15) is 4.39 Å². The number of nitrogens with one attached hydrogen (secondary N) is 4. The van der Waals surface area contributed by atoms with Crippen LogP contribution in [0.2, 0.25) is 0 Å². The van der Waals surface area contributed by atoms with Crippen molar-refractivity contribution in [1.82, 2.24) is 10.6 Å². The van der Waals surface area contributed by atoms with Gasteiger partial charge in [0.15, 0.2) is 0 Å². The van der Waals surface area contributed by atoms with Gasteiger partial charge in [-0.05, 0) is 41.5 Å². The van der Waals surface area contributed by atoms with E-state index in [-0.39, 0.29) is 17.7 Å². The molecule has 0 saturated carbocycles. The molecule has 1 saturated heterocycles. The second kappa shape index (κ2) is 8.74. The summed E-state index contributed by atoms with van der Waals surface area (Å²) in [6, 6.07) is 3.13. The van der Waals surface area contributed by atoms with Crippen molar-refractivity contribution in [3.8, 4) is 0 Å². The van der Waals surface area contributed by atoms with Gasteiger partial charge in [-0.3, -0.25) is 0 Å². The highest BCUT2D eigenvalue weighted by Gasteiger charge is 2.18. The first kappa shape index (κ1) is 19.8. The molecule has 1 aromatic rings. The first-order valence-electron chi connectivity index (χ1n) is 9.01. The Morgan fingerprint density at radius 2 is 1.88 bits per heavy atom. The average Bonchev–Trinajstić information content (AvgIpc) is 2.61. The standard InChI is InChI=1S/C20H29FN4O/c1-12(2)16-9-15(21)10-17(13(3)4)19(16)25-14(5)24-18(11-22)20-23-7-6-8-26-20/h9-13,22-25H,5-8H2,1-4H3/b20-18-,22-11?. The van der Waals surface area contributed by atoms with Crippen LogP contribution in [0.15, 0.2) is 36.1 Å². The van der Waals surface area contributed by atoms with Crippen LogP contribution >= 0.6 is 0 Å². The lowest BCUT2D eigenvalue weighted by molar-refractivity contribution is 0.154. The summed E-state index contributed by atoms with van der Waals surface area (Å²) < 4.78 is 19.6. The lowest BCUT2D eigenvalue weighted by atomic mass is 9.92. The van der Waals surface area contributed by atoms with Crippen molar-refractivity contribution in [1.29, 1.82) is 5.41 Å². The van der Waals surface area contributed by atoms with E-state index in [1.54, 1.807) is 12.1 Å². The maximum atomic E-state index is 14.0. The minimum atomic E-state index is -0.233. The average molecular weight is 360 g/mol. The molecule has 0 aliphatic carbocycles. The smallest absolute Gasteiger partial charge is 0.212 e. The van der Waals surface area contributed by atoms with Crippen LogP contribution in [-0.2, 0) is 4.74 Å². The summed E-state index contributed by atoms with van der Waals surface area (Å²) in [5.74, 6) is 1.12. The van der Waals surface area contributed by atoms with Crippen molar-refractivity contribution >= 4 is 11.9 Å². The van der Waals surface area contributed by atoms with E-state index >= 15 is 0 Å². The number of halogens is 1. The molecule has 0 aromatic heterocycles. The highest BCUT2D eigenvalue weighted by molar-refractivity contribution is 5.76. The fraction of sp³-hybridized carbons (Fsp3) is 0.450. The molecule has 1 aliphatic heterocycles. The molecule has 0 radical (unpaired) electrons. The highest BCUT2D eigenvalue weighted by Crippen LogP contribution is 2.34. The van der Waals surface area contributed by atoms with E-state index in [4.69, 9.17) is 10.1 Å². The van der Waals surface area contributed by atoms with E-state index in [1.807, 2.05) is 27.7 Å². The van der Waals surface area contributed by atoms with Gasteiger partial charge in [0.05, 0.1) is 6.61 Å². The van der Waals surface area contributed by atoms with Gasteiger partial charge in [0.25, 0.3) is 0 Å². The van der Waals surface area contributed by atoms with Crippen LogP contribution in [0.5, 0.6) is 0 Å². The minimum absolute atomic E-state index is 0.155. The number of benzene rings is 1. The van der Waals surface area contributed by atoms with E-state index in [0.29, 0.717) is 24.0 Å². The van der Waals surface area contributed by atoms with Crippen LogP contribution in [0.1, 0.15) is 57.1 Å². The molecule has 0 spiro atoms. The molecule has 5 nitrogen and oxygen atoms in total. The third kappa shape index (κ3) is 4.77. The molecular weight excluding hydrogens is 331 g/mol. The van der Waals surface area contributed by atoms with E-state index in [2.05, 4.69) is 22.5 Å². The minimum Gasteiger partial charge on any atom is -0.478 e. The lowest BCUT2D eigenvalue weighted by Crippen LogP contribution is -2.31. The van der Waals surface area contributed by atoms with Crippen molar-refractivity contribution in [3.63, 3.8) is 0 Å². The number of hydrogen-bond donors (Lipinski definition) is 4. The SMILES string of the molecule is C=C(N/C(C=N)=C1/NCCCO1)Nc1c(C(C)C)cc(F)cc1C(C)C. The molecule has 4 N–H and O–H groups in total. The van der Waals surface area contributed by atoms with E-state index in [1.165, 1.54) is 6.21 Å². The third-order valence-corrected chi connectivity index (χ3v) is 4.21. The molecule has 0 amide bonds. The predicted octanol–water partition coefficient (Wildman–Crippen LogP) is 4.37. The Labute approximate surface area is 155 Å². The van der Waals surface area contributed by atoms with Gasteiger partial charge < -0.3 is 26.1 Å². The molecule has 26 heavy (non-hydrogen) atoms. The van der Waals surface area contributed by atoms with Crippen LogP contribution in [-0.4, -0.2) is 19.4 Å². The Morgan fingerprint density at radius 1 is 1.27 bits per heavy atom. The highest BCUT2D eigenvalue weighted by atomic mass is 19.1. The third-order valence-electron chi connectivity index (χ3n) is 4.21. The monoisotopic (exact) mass is 360 g/mol. The zero-order valence-corrected chi connectivity index (χ0v) is 16.0. The van der Waals surface area contributed by atoms with Gasteiger partial charge in [0.1, 0.15) is 17.3 Å². The molecule has 1 fully saturated rings. The predicted molar refractivity (Wildman–Crippen MR) is 105 cm³/mol. The molecular formula is C20H29FN4O. The van der Waals surface area contributed by atoms with Crippen molar-refractivity contribution < 1.29 is 9.13 Å². The molecule has 1 aliphatic rings. The maximum absolute atomic E-state index is 14.0.